The van der Waals surface area contributed by atoms with Gasteiger partial charge in [0.1, 0.15) is 0 Å². The predicted molar refractivity (Wildman–Crippen MR) is 51.5 cm³/mol. The van der Waals surface area contributed by atoms with Gasteiger partial charge in [0.2, 0.25) is 0 Å². The first-order valence-electron chi connectivity index (χ1n) is 4.18. The second-order valence-electron chi connectivity index (χ2n) is 2.38. The first-order chi connectivity index (χ1) is 4.85. The molecule has 0 spiro atoms. The van der Waals surface area contributed by atoms with Crippen LogP contribution in [0.25, 0.3) is 0 Å². The average molecular weight is 157 g/mol. The van der Waals surface area contributed by atoms with E-state index >= 15 is 0 Å². The molecule has 1 nitrogen and oxygen atoms in total. The number of hydrogen-bond acceptors (Lipinski definition) is 1. The van der Waals surface area contributed by atoms with Crippen molar-refractivity contribution in [3.05, 3.63) is 11.8 Å². The Kier molecular flexibility index (Phi) is 6.97. The SMILES string of the molecule is CCN(CC)CCC=C[SiH3]. The Hall–Kier alpha value is -0.0831. The quantitative estimate of drug-likeness (QED) is 0.528. The third-order valence-corrected chi connectivity index (χ3v) is 2.21. The molecule has 0 bridgehead atoms. The molecular weight excluding hydrogens is 138 g/mol. The lowest BCUT2D eigenvalue weighted by atomic mass is 10.4. The Bertz CT molecular complexity index is 87.3. The lowest BCUT2D eigenvalue weighted by molar-refractivity contribution is 0.310. The summed E-state index contributed by atoms with van der Waals surface area (Å²) in [4.78, 5) is 2.45. The van der Waals surface area contributed by atoms with Crippen LogP contribution in [0.1, 0.15) is 20.3 Å². The van der Waals surface area contributed by atoms with Gasteiger partial charge in [-0.05, 0) is 19.5 Å². The molecule has 0 aromatic rings. The summed E-state index contributed by atoms with van der Waals surface area (Å²) in [6, 6.07) is 0. The van der Waals surface area contributed by atoms with E-state index < -0.39 is 0 Å². The Morgan fingerprint density at radius 1 is 1.30 bits per heavy atom. The standard InChI is InChI=1S/C8H19NSi/c1-3-9(4-2)7-5-6-8-10/h6,8H,3-5,7H2,1-2,10H3. The highest BCUT2D eigenvalue weighted by Gasteiger charge is 1.94. The highest BCUT2D eigenvalue weighted by Crippen LogP contribution is 1.90. The number of nitrogens with zero attached hydrogens (tertiary/aromatic N) is 1. The molecule has 0 unspecified atom stereocenters. The van der Waals surface area contributed by atoms with Gasteiger partial charge in [-0.15, -0.1) is 5.70 Å². The molecule has 0 fully saturated rings. The van der Waals surface area contributed by atoms with Crippen LogP contribution in [0.2, 0.25) is 0 Å². The average Bonchev–Trinajstić information content (AvgIpc) is 1.99. The van der Waals surface area contributed by atoms with Gasteiger partial charge in [-0.3, -0.25) is 0 Å². The van der Waals surface area contributed by atoms with Crippen molar-refractivity contribution in [2.24, 2.45) is 0 Å². The van der Waals surface area contributed by atoms with Crippen molar-refractivity contribution < 1.29 is 0 Å². The minimum absolute atomic E-state index is 1.19. The highest BCUT2D eigenvalue weighted by molar-refractivity contribution is 6.16. The van der Waals surface area contributed by atoms with Crippen molar-refractivity contribution in [2.75, 3.05) is 19.6 Å². The maximum absolute atomic E-state index is 2.45. The third kappa shape index (κ3) is 4.76. The topological polar surface area (TPSA) is 3.24 Å². The normalized spacial score (nSPS) is 11.9. The van der Waals surface area contributed by atoms with Gasteiger partial charge in [-0.1, -0.05) is 19.9 Å². The second kappa shape index (κ2) is 7.03. The molecule has 0 rings (SSSR count). The summed E-state index contributed by atoms with van der Waals surface area (Å²) in [6.45, 7) is 8.03. The maximum Gasteiger partial charge on any atom is 0.0287 e. The molecule has 0 aliphatic carbocycles. The van der Waals surface area contributed by atoms with E-state index in [1.165, 1.54) is 36.3 Å². The first-order valence-corrected chi connectivity index (χ1v) is 5.34. The molecule has 0 aliphatic heterocycles. The van der Waals surface area contributed by atoms with E-state index in [4.69, 9.17) is 0 Å². The molecule has 2 heteroatoms. The lowest BCUT2D eigenvalue weighted by Gasteiger charge is -2.15. The van der Waals surface area contributed by atoms with E-state index in [1.54, 1.807) is 0 Å². The maximum atomic E-state index is 2.45. The fourth-order valence-corrected chi connectivity index (χ4v) is 1.30. The zero-order chi connectivity index (χ0) is 7.82. The first kappa shape index (κ1) is 9.92. The van der Waals surface area contributed by atoms with Crippen LogP contribution < -0.4 is 0 Å². The summed E-state index contributed by atoms with van der Waals surface area (Å²) in [7, 11) is 1.20. The van der Waals surface area contributed by atoms with Crippen LogP contribution in [0, 0.1) is 0 Å². The molecule has 60 valence electrons. The summed E-state index contributed by atoms with van der Waals surface area (Å²) in [5.74, 6) is 0. The van der Waals surface area contributed by atoms with Crippen molar-refractivity contribution in [1.82, 2.24) is 4.90 Å². The van der Waals surface area contributed by atoms with E-state index in [1.807, 2.05) is 0 Å². The molecular formula is C8H19NSi. The van der Waals surface area contributed by atoms with Gasteiger partial charge in [0.05, 0.1) is 0 Å². The van der Waals surface area contributed by atoms with E-state index in [0.29, 0.717) is 0 Å². The molecule has 0 saturated heterocycles. The van der Waals surface area contributed by atoms with E-state index in [2.05, 4.69) is 30.5 Å². The predicted octanol–water partition coefficient (Wildman–Crippen LogP) is 0.597. The van der Waals surface area contributed by atoms with Gasteiger partial charge >= 0.3 is 0 Å². The van der Waals surface area contributed by atoms with E-state index in [-0.39, 0.29) is 0 Å². The van der Waals surface area contributed by atoms with Gasteiger partial charge in [0.15, 0.2) is 0 Å². The van der Waals surface area contributed by atoms with Crippen molar-refractivity contribution >= 4 is 10.2 Å². The summed E-state index contributed by atoms with van der Waals surface area (Å²) in [6.07, 6.45) is 3.51. The van der Waals surface area contributed by atoms with Crippen LogP contribution in [0.5, 0.6) is 0 Å². The molecule has 10 heavy (non-hydrogen) atoms. The molecule has 0 aromatic carbocycles. The summed E-state index contributed by atoms with van der Waals surface area (Å²) in [5.41, 5.74) is 2.25. The lowest BCUT2D eigenvalue weighted by Crippen LogP contribution is -2.23. The molecule has 0 aliphatic rings. The van der Waals surface area contributed by atoms with Gasteiger partial charge in [-0.25, -0.2) is 0 Å². The smallest absolute Gasteiger partial charge is 0.0287 e. The van der Waals surface area contributed by atoms with Gasteiger partial charge in [0, 0.05) is 16.8 Å². The van der Waals surface area contributed by atoms with Crippen LogP contribution in [-0.2, 0) is 0 Å². The summed E-state index contributed by atoms with van der Waals surface area (Å²) >= 11 is 0. The molecule has 0 radical (unpaired) electrons. The van der Waals surface area contributed by atoms with Crippen LogP contribution in [0.4, 0.5) is 0 Å². The molecule has 0 amide bonds. The molecule has 0 N–H and O–H groups in total. The fourth-order valence-electron chi connectivity index (χ4n) is 0.964. The van der Waals surface area contributed by atoms with Gasteiger partial charge < -0.3 is 4.90 Å². The molecule has 0 saturated carbocycles. The zero-order valence-electron chi connectivity index (χ0n) is 7.43. The van der Waals surface area contributed by atoms with Crippen molar-refractivity contribution in [2.45, 2.75) is 20.3 Å². The van der Waals surface area contributed by atoms with Gasteiger partial charge in [0.25, 0.3) is 0 Å². The van der Waals surface area contributed by atoms with Crippen LogP contribution in [-0.4, -0.2) is 34.8 Å². The minimum Gasteiger partial charge on any atom is -0.304 e. The Morgan fingerprint density at radius 2 is 1.90 bits per heavy atom. The highest BCUT2D eigenvalue weighted by atomic mass is 28.1. The second-order valence-corrected chi connectivity index (χ2v) is 3.05. The van der Waals surface area contributed by atoms with Crippen molar-refractivity contribution in [3.63, 3.8) is 0 Å². The monoisotopic (exact) mass is 157 g/mol. The fraction of sp³-hybridized carbons (Fsp3) is 0.750. The third-order valence-electron chi connectivity index (χ3n) is 1.74. The molecule has 0 heterocycles. The minimum atomic E-state index is 1.19. The summed E-state index contributed by atoms with van der Waals surface area (Å²) < 4.78 is 0. The van der Waals surface area contributed by atoms with Crippen molar-refractivity contribution in [1.29, 1.82) is 0 Å². The Morgan fingerprint density at radius 3 is 2.30 bits per heavy atom. The molecule has 0 atom stereocenters. The largest absolute Gasteiger partial charge is 0.304 e. The Labute approximate surface area is 67.5 Å². The van der Waals surface area contributed by atoms with Gasteiger partial charge in [-0.2, -0.15) is 0 Å². The van der Waals surface area contributed by atoms with Crippen molar-refractivity contribution in [3.8, 4) is 0 Å². The Balaban J connectivity index is 3.25. The zero-order valence-corrected chi connectivity index (χ0v) is 9.43. The van der Waals surface area contributed by atoms with Crippen LogP contribution in [0.3, 0.4) is 0 Å². The molecule has 0 aromatic heterocycles. The van der Waals surface area contributed by atoms with E-state index in [0.717, 1.165) is 0 Å². The number of rotatable bonds is 5. The van der Waals surface area contributed by atoms with Crippen LogP contribution >= 0.6 is 0 Å². The summed E-state index contributed by atoms with van der Waals surface area (Å²) in [5, 5.41) is 0. The van der Waals surface area contributed by atoms with Crippen LogP contribution in [0.15, 0.2) is 11.8 Å². The number of hydrogen-bond donors (Lipinski definition) is 0. The van der Waals surface area contributed by atoms with E-state index in [9.17, 15) is 0 Å².